The molecule has 1 aliphatic rings. The van der Waals surface area contributed by atoms with Crippen molar-refractivity contribution < 1.29 is 24.2 Å². The van der Waals surface area contributed by atoms with E-state index in [1.807, 2.05) is 6.92 Å². The van der Waals surface area contributed by atoms with Crippen LogP contribution in [-0.2, 0) is 14.3 Å². The number of carboxylic acids is 1. The number of hydrogen-bond donors (Lipinski definition) is 0. The van der Waals surface area contributed by atoms with E-state index in [1.165, 1.54) is 12.1 Å². The number of thioether (sulfide) groups is 1. The number of benzene rings is 1. The molecule has 1 aromatic carbocycles. The molecule has 0 aromatic heterocycles. The summed E-state index contributed by atoms with van der Waals surface area (Å²) in [6.45, 7) is 1.89. The molecule has 1 aliphatic heterocycles. The molecular formula is C16H14NO5S2-. The van der Waals surface area contributed by atoms with E-state index >= 15 is 0 Å². The maximum absolute atomic E-state index is 12.4. The zero-order valence-corrected chi connectivity index (χ0v) is 14.4. The van der Waals surface area contributed by atoms with E-state index in [1.54, 1.807) is 18.2 Å². The number of carboxylic acid groups (broad SMARTS) is 1. The fraction of sp³-hybridized carbons (Fsp3) is 0.250. The molecule has 1 amide bonds. The van der Waals surface area contributed by atoms with Crippen LogP contribution in [0.5, 0.6) is 0 Å². The van der Waals surface area contributed by atoms with Crippen molar-refractivity contribution >= 4 is 52.2 Å². The van der Waals surface area contributed by atoms with Gasteiger partial charge in [0, 0.05) is 5.56 Å². The Morgan fingerprint density at radius 2 is 2.08 bits per heavy atom. The fourth-order valence-electron chi connectivity index (χ4n) is 1.98. The lowest BCUT2D eigenvalue weighted by Crippen LogP contribution is -2.34. The Labute approximate surface area is 148 Å². The molecule has 0 saturated carbocycles. The molecule has 0 aliphatic carbocycles. The smallest absolute Gasteiger partial charge is 0.326 e. The molecule has 1 heterocycles. The first-order valence-electron chi connectivity index (χ1n) is 7.15. The molecule has 0 radical (unpaired) electrons. The maximum Gasteiger partial charge on any atom is 0.326 e. The lowest BCUT2D eigenvalue weighted by atomic mass is 10.1. The molecule has 0 spiro atoms. The van der Waals surface area contributed by atoms with Crippen molar-refractivity contribution in [2.45, 2.75) is 13.3 Å². The Hall–Kier alpha value is -2.19. The minimum Gasteiger partial charge on any atom is -0.545 e. The van der Waals surface area contributed by atoms with Crippen LogP contribution >= 0.6 is 24.0 Å². The van der Waals surface area contributed by atoms with Gasteiger partial charge in [-0.2, -0.15) is 0 Å². The minimum absolute atomic E-state index is 0.0230. The summed E-state index contributed by atoms with van der Waals surface area (Å²) < 4.78 is 5.17. The summed E-state index contributed by atoms with van der Waals surface area (Å²) >= 11 is 6.13. The van der Waals surface area contributed by atoms with E-state index in [2.05, 4.69) is 0 Å². The summed E-state index contributed by atoms with van der Waals surface area (Å²) in [7, 11) is 0. The first-order valence-corrected chi connectivity index (χ1v) is 8.38. The van der Waals surface area contributed by atoms with Gasteiger partial charge in [0.2, 0.25) is 0 Å². The average Bonchev–Trinajstić information content (AvgIpc) is 2.81. The normalized spacial score (nSPS) is 15.9. The number of hydrogen-bond acceptors (Lipinski definition) is 7. The van der Waals surface area contributed by atoms with Crippen molar-refractivity contribution in [2.75, 3.05) is 13.2 Å². The van der Waals surface area contributed by atoms with Gasteiger partial charge in [0.25, 0.3) is 5.91 Å². The molecule has 1 saturated heterocycles. The van der Waals surface area contributed by atoms with Crippen molar-refractivity contribution in [1.29, 1.82) is 0 Å². The van der Waals surface area contributed by atoms with E-state index in [9.17, 15) is 19.5 Å². The van der Waals surface area contributed by atoms with Crippen molar-refractivity contribution in [2.24, 2.45) is 0 Å². The Kier molecular flexibility index (Phi) is 6.10. The van der Waals surface area contributed by atoms with Gasteiger partial charge in [0.1, 0.15) is 10.9 Å². The van der Waals surface area contributed by atoms with E-state index < -0.39 is 17.8 Å². The number of carbonyl (C=O) groups is 3. The molecular weight excluding hydrogens is 350 g/mol. The monoisotopic (exact) mass is 364 g/mol. The minimum atomic E-state index is -1.33. The highest BCUT2D eigenvalue weighted by atomic mass is 32.2. The Bertz CT molecular complexity index is 729. The number of thiocarbonyl (C=S) groups is 1. The summed E-state index contributed by atoms with van der Waals surface area (Å²) in [4.78, 5) is 36.6. The molecule has 24 heavy (non-hydrogen) atoms. The average molecular weight is 364 g/mol. The molecule has 6 nitrogen and oxygen atoms in total. The van der Waals surface area contributed by atoms with Crippen LogP contribution in [0.25, 0.3) is 6.08 Å². The summed E-state index contributed by atoms with van der Waals surface area (Å²) in [6.07, 6.45) is 2.12. The van der Waals surface area contributed by atoms with Crippen LogP contribution in [0, 0.1) is 0 Å². The zero-order chi connectivity index (χ0) is 17.7. The predicted molar refractivity (Wildman–Crippen MR) is 91.9 cm³/mol. The molecule has 0 unspecified atom stereocenters. The highest BCUT2D eigenvalue weighted by Crippen LogP contribution is 2.32. The highest BCUT2D eigenvalue weighted by Gasteiger charge is 2.33. The van der Waals surface area contributed by atoms with Crippen LogP contribution < -0.4 is 5.11 Å². The van der Waals surface area contributed by atoms with Gasteiger partial charge >= 0.3 is 5.97 Å². The molecule has 126 valence electrons. The zero-order valence-electron chi connectivity index (χ0n) is 12.8. The molecule has 1 aromatic rings. The quantitative estimate of drug-likeness (QED) is 0.426. The van der Waals surface area contributed by atoms with Gasteiger partial charge in [-0.15, -0.1) is 0 Å². The van der Waals surface area contributed by atoms with Gasteiger partial charge in [-0.05, 0) is 18.1 Å². The van der Waals surface area contributed by atoms with E-state index in [0.29, 0.717) is 12.0 Å². The third-order valence-corrected chi connectivity index (χ3v) is 4.47. The van der Waals surface area contributed by atoms with Crippen LogP contribution in [0.1, 0.15) is 29.3 Å². The van der Waals surface area contributed by atoms with Gasteiger partial charge in [0.05, 0.1) is 17.5 Å². The van der Waals surface area contributed by atoms with E-state index in [4.69, 9.17) is 17.0 Å². The number of esters is 1. The second-order valence-electron chi connectivity index (χ2n) is 4.86. The molecule has 1 fully saturated rings. The standard InChI is InChI=1S/C16H15NO5S2/c1-2-7-22-13(18)9-17-14(19)12(24-16(17)23)8-10-5-3-4-6-11(10)15(20)21/h3-6,8H,2,7,9H2,1H3,(H,20,21)/p-1/b12-8-. The maximum atomic E-state index is 12.4. The van der Waals surface area contributed by atoms with Gasteiger partial charge in [-0.25, -0.2) is 0 Å². The third-order valence-electron chi connectivity index (χ3n) is 3.10. The summed E-state index contributed by atoms with van der Waals surface area (Å²) in [5, 5.41) is 11.1. The first-order chi connectivity index (χ1) is 11.4. The van der Waals surface area contributed by atoms with Crippen LogP contribution in [0.4, 0.5) is 0 Å². The highest BCUT2D eigenvalue weighted by molar-refractivity contribution is 8.26. The van der Waals surface area contributed by atoms with Crippen molar-refractivity contribution in [1.82, 2.24) is 4.90 Å². The van der Waals surface area contributed by atoms with Crippen LogP contribution in [0.15, 0.2) is 29.2 Å². The Morgan fingerprint density at radius 3 is 2.75 bits per heavy atom. The van der Waals surface area contributed by atoms with E-state index in [0.717, 1.165) is 16.7 Å². The Balaban J connectivity index is 2.19. The number of carbonyl (C=O) groups excluding carboxylic acids is 3. The number of aromatic carboxylic acids is 1. The number of amides is 1. The molecule has 0 atom stereocenters. The van der Waals surface area contributed by atoms with Crippen LogP contribution in [0.2, 0.25) is 0 Å². The van der Waals surface area contributed by atoms with Gasteiger partial charge in [-0.3, -0.25) is 14.5 Å². The number of rotatable bonds is 6. The van der Waals surface area contributed by atoms with Gasteiger partial charge < -0.3 is 14.6 Å². The summed E-state index contributed by atoms with van der Waals surface area (Å²) in [6, 6.07) is 6.18. The number of ether oxygens (including phenoxy) is 1. The van der Waals surface area contributed by atoms with Crippen molar-refractivity contribution in [3.63, 3.8) is 0 Å². The molecule has 8 heteroatoms. The molecule has 2 rings (SSSR count). The topological polar surface area (TPSA) is 86.7 Å². The lowest BCUT2D eigenvalue weighted by Gasteiger charge is -2.13. The lowest BCUT2D eigenvalue weighted by molar-refractivity contribution is -0.255. The SMILES string of the molecule is CCCOC(=O)CN1C(=O)/C(=C/c2ccccc2C(=O)[O-])SC1=S. The number of nitrogens with zero attached hydrogens (tertiary/aromatic N) is 1. The third kappa shape index (κ3) is 4.21. The largest absolute Gasteiger partial charge is 0.545 e. The Morgan fingerprint density at radius 1 is 1.38 bits per heavy atom. The summed E-state index contributed by atoms with van der Waals surface area (Å²) in [5.41, 5.74) is 0.316. The second-order valence-corrected chi connectivity index (χ2v) is 6.54. The van der Waals surface area contributed by atoms with E-state index in [-0.39, 0.29) is 27.9 Å². The van der Waals surface area contributed by atoms with Crippen LogP contribution in [0.3, 0.4) is 0 Å². The molecule has 0 bridgehead atoms. The van der Waals surface area contributed by atoms with Crippen LogP contribution in [-0.4, -0.2) is 40.2 Å². The van der Waals surface area contributed by atoms with Gasteiger partial charge in [-0.1, -0.05) is 55.2 Å². The second kappa shape index (κ2) is 8.07. The van der Waals surface area contributed by atoms with Crippen molar-refractivity contribution in [3.05, 3.63) is 40.3 Å². The first kappa shape index (κ1) is 18.2. The van der Waals surface area contributed by atoms with Crippen molar-refractivity contribution in [3.8, 4) is 0 Å². The summed E-state index contributed by atoms with van der Waals surface area (Å²) in [5.74, 6) is -2.32. The molecule has 0 N–H and O–H groups in total. The van der Waals surface area contributed by atoms with Gasteiger partial charge in [0.15, 0.2) is 0 Å². The fourth-order valence-corrected chi connectivity index (χ4v) is 3.22. The predicted octanol–water partition coefficient (Wildman–Crippen LogP) is 1.20.